The van der Waals surface area contributed by atoms with Gasteiger partial charge in [0.1, 0.15) is 9.32 Å². The summed E-state index contributed by atoms with van der Waals surface area (Å²) in [7, 11) is 0. The fourth-order valence-electron chi connectivity index (χ4n) is 2.95. The minimum atomic E-state index is -0.435. The Kier molecular flexibility index (Phi) is 8.04. The number of hydrogen-bond donors (Lipinski definition) is 1. The average molecular weight is 495 g/mol. The van der Waals surface area contributed by atoms with Crippen LogP contribution in [0.4, 0.5) is 5.00 Å². The first kappa shape index (κ1) is 23.6. The highest BCUT2D eigenvalue weighted by atomic mass is 32.2. The van der Waals surface area contributed by atoms with Crippen molar-refractivity contribution in [2.45, 2.75) is 33.6 Å². The molecule has 0 bridgehead atoms. The van der Waals surface area contributed by atoms with Crippen molar-refractivity contribution >= 4 is 79.8 Å². The number of carbonyl (C=O) groups is 3. The molecule has 3 rings (SSSR count). The van der Waals surface area contributed by atoms with Crippen LogP contribution in [0.3, 0.4) is 0 Å². The Morgan fingerprint density at radius 1 is 1.32 bits per heavy atom. The quantitative estimate of drug-likeness (QED) is 0.308. The van der Waals surface area contributed by atoms with Crippen LogP contribution in [-0.2, 0) is 14.3 Å². The third kappa shape index (κ3) is 5.62. The molecule has 0 atom stereocenters. The number of hydrogen-bond acceptors (Lipinski definition) is 8. The topological polar surface area (TPSA) is 75.7 Å². The summed E-state index contributed by atoms with van der Waals surface area (Å²) in [5.41, 5.74) is 1.22. The van der Waals surface area contributed by atoms with Crippen molar-refractivity contribution in [3.8, 4) is 0 Å². The van der Waals surface area contributed by atoms with Crippen LogP contribution in [0.5, 0.6) is 0 Å². The van der Waals surface area contributed by atoms with E-state index in [1.54, 1.807) is 18.3 Å². The van der Waals surface area contributed by atoms with Crippen molar-refractivity contribution in [2.75, 3.05) is 18.5 Å². The molecule has 10 heteroatoms. The van der Waals surface area contributed by atoms with E-state index in [9.17, 15) is 14.4 Å². The van der Waals surface area contributed by atoms with E-state index in [0.29, 0.717) is 32.8 Å². The van der Waals surface area contributed by atoms with Crippen LogP contribution < -0.4 is 5.32 Å². The summed E-state index contributed by atoms with van der Waals surface area (Å²) in [5.74, 6) is -0.779. The molecule has 2 amide bonds. The molecule has 2 aromatic rings. The predicted octanol–water partition coefficient (Wildman–Crippen LogP) is 5.22. The summed E-state index contributed by atoms with van der Waals surface area (Å²) in [6.45, 7) is 6.12. The van der Waals surface area contributed by atoms with Gasteiger partial charge >= 0.3 is 5.97 Å². The summed E-state index contributed by atoms with van der Waals surface area (Å²) in [6, 6.07) is 3.87. The molecular formula is C21H22N2O4S4. The Hall–Kier alpha value is -2.01. The monoisotopic (exact) mass is 494 g/mol. The number of nitrogens with one attached hydrogen (secondary N) is 1. The summed E-state index contributed by atoms with van der Waals surface area (Å²) in [5, 5.41) is 5.28. The number of rotatable bonds is 8. The molecule has 1 N–H and O–H groups in total. The van der Waals surface area contributed by atoms with Gasteiger partial charge in [-0.3, -0.25) is 14.5 Å². The minimum absolute atomic E-state index is 0.127. The molecule has 0 aromatic carbocycles. The molecule has 1 aliphatic rings. The molecule has 1 fully saturated rings. The van der Waals surface area contributed by atoms with E-state index < -0.39 is 5.97 Å². The van der Waals surface area contributed by atoms with Crippen molar-refractivity contribution in [1.82, 2.24) is 4.90 Å². The van der Waals surface area contributed by atoms with Gasteiger partial charge in [-0.2, -0.15) is 0 Å². The maximum absolute atomic E-state index is 12.6. The van der Waals surface area contributed by atoms with Crippen molar-refractivity contribution in [1.29, 1.82) is 0 Å². The first-order valence-electron chi connectivity index (χ1n) is 9.67. The first-order valence-corrected chi connectivity index (χ1v) is 12.6. The molecule has 0 radical (unpaired) electrons. The fraction of sp³-hybridized carbons (Fsp3) is 0.333. The lowest BCUT2D eigenvalue weighted by molar-refractivity contribution is -0.122. The number of esters is 1. The first-order chi connectivity index (χ1) is 14.8. The zero-order chi connectivity index (χ0) is 22.5. The molecule has 31 heavy (non-hydrogen) atoms. The molecule has 6 nitrogen and oxygen atoms in total. The van der Waals surface area contributed by atoms with Gasteiger partial charge in [0.15, 0.2) is 0 Å². The number of carbonyl (C=O) groups excluding carboxylic acids is 3. The molecule has 0 spiro atoms. The van der Waals surface area contributed by atoms with E-state index in [1.807, 2.05) is 37.4 Å². The van der Waals surface area contributed by atoms with Gasteiger partial charge < -0.3 is 10.1 Å². The van der Waals surface area contributed by atoms with Gasteiger partial charge in [0.05, 0.1) is 17.1 Å². The molecular weight excluding hydrogens is 473 g/mol. The summed E-state index contributed by atoms with van der Waals surface area (Å²) in [4.78, 5) is 41.4. The average Bonchev–Trinajstić information content (AvgIpc) is 3.38. The largest absolute Gasteiger partial charge is 0.462 e. The van der Waals surface area contributed by atoms with Gasteiger partial charge in [-0.15, -0.1) is 22.7 Å². The number of anilines is 1. The van der Waals surface area contributed by atoms with Gasteiger partial charge in [0.25, 0.3) is 5.91 Å². The van der Waals surface area contributed by atoms with Crippen molar-refractivity contribution in [3.05, 3.63) is 43.3 Å². The van der Waals surface area contributed by atoms with Gasteiger partial charge in [0, 0.05) is 22.7 Å². The SMILES string of the molecule is CCOC(=O)c1c(NC(=O)CCCN2C(=O)/C(=C\c3cccs3)SC2=S)sc(C)c1C. The highest BCUT2D eigenvalue weighted by molar-refractivity contribution is 8.26. The van der Waals surface area contributed by atoms with Crippen LogP contribution in [-0.4, -0.2) is 40.2 Å². The van der Waals surface area contributed by atoms with Crippen LogP contribution >= 0.6 is 46.7 Å². The lowest BCUT2D eigenvalue weighted by Crippen LogP contribution is -2.29. The van der Waals surface area contributed by atoms with Gasteiger partial charge in [-0.05, 0) is 50.3 Å². The van der Waals surface area contributed by atoms with Crippen LogP contribution in [0.25, 0.3) is 6.08 Å². The van der Waals surface area contributed by atoms with Crippen LogP contribution in [0.2, 0.25) is 0 Å². The standard InChI is InChI=1S/C21H22N2O4S4/c1-4-27-20(26)17-12(2)13(3)30-18(17)22-16(24)8-5-9-23-19(25)15(31-21(23)28)11-14-7-6-10-29-14/h6-7,10-11H,4-5,8-9H2,1-3H3,(H,22,24)/b15-11+. The zero-order valence-electron chi connectivity index (χ0n) is 17.4. The summed E-state index contributed by atoms with van der Waals surface area (Å²) < 4.78 is 5.62. The highest BCUT2D eigenvalue weighted by Crippen LogP contribution is 2.34. The highest BCUT2D eigenvalue weighted by Gasteiger charge is 2.31. The number of thiophene rings is 2. The predicted molar refractivity (Wildman–Crippen MR) is 132 cm³/mol. The van der Waals surface area contributed by atoms with Gasteiger partial charge in [-0.1, -0.05) is 30.0 Å². The third-order valence-corrected chi connectivity index (χ3v) is 7.91. The Morgan fingerprint density at radius 2 is 2.10 bits per heavy atom. The molecule has 1 aliphatic heterocycles. The Morgan fingerprint density at radius 3 is 2.77 bits per heavy atom. The van der Waals surface area contributed by atoms with Crippen molar-refractivity contribution in [2.24, 2.45) is 0 Å². The second-order valence-corrected chi connectivity index (χ2v) is 10.6. The molecule has 164 valence electrons. The number of aryl methyl sites for hydroxylation is 1. The number of thioether (sulfide) groups is 1. The Balaban J connectivity index is 1.56. The second kappa shape index (κ2) is 10.5. The molecule has 2 aromatic heterocycles. The third-order valence-electron chi connectivity index (χ3n) is 4.59. The Labute approximate surface area is 198 Å². The summed E-state index contributed by atoms with van der Waals surface area (Å²) in [6.07, 6.45) is 2.51. The smallest absolute Gasteiger partial charge is 0.341 e. The van der Waals surface area contributed by atoms with E-state index >= 15 is 0 Å². The summed E-state index contributed by atoms with van der Waals surface area (Å²) >= 11 is 9.54. The molecule has 0 saturated carbocycles. The molecule has 0 unspecified atom stereocenters. The Bertz CT molecular complexity index is 1040. The zero-order valence-corrected chi connectivity index (χ0v) is 20.6. The number of amides is 2. The molecule has 3 heterocycles. The van der Waals surface area contributed by atoms with Crippen LogP contribution in [0.1, 0.15) is 45.4 Å². The lowest BCUT2D eigenvalue weighted by atomic mass is 10.1. The van der Waals surface area contributed by atoms with Gasteiger partial charge in [0.2, 0.25) is 5.91 Å². The maximum Gasteiger partial charge on any atom is 0.341 e. The van der Waals surface area contributed by atoms with E-state index in [1.165, 1.54) is 28.0 Å². The van der Waals surface area contributed by atoms with E-state index in [4.69, 9.17) is 17.0 Å². The minimum Gasteiger partial charge on any atom is -0.462 e. The van der Waals surface area contributed by atoms with E-state index in [2.05, 4.69) is 5.32 Å². The van der Waals surface area contributed by atoms with Gasteiger partial charge in [-0.25, -0.2) is 4.79 Å². The molecule has 0 aliphatic carbocycles. The van der Waals surface area contributed by atoms with Crippen molar-refractivity contribution in [3.63, 3.8) is 0 Å². The lowest BCUT2D eigenvalue weighted by Gasteiger charge is -2.14. The van der Waals surface area contributed by atoms with Crippen molar-refractivity contribution < 1.29 is 19.1 Å². The van der Waals surface area contributed by atoms with Crippen LogP contribution in [0.15, 0.2) is 22.4 Å². The number of ether oxygens (including phenoxy) is 1. The second-order valence-electron chi connectivity index (χ2n) is 6.71. The van der Waals surface area contributed by atoms with E-state index in [-0.39, 0.29) is 24.8 Å². The van der Waals surface area contributed by atoms with E-state index in [0.717, 1.165) is 15.3 Å². The number of thiocarbonyl (C=S) groups is 1. The maximum atomic E-state index is 12.6. The molecule has 1 saturated heterocycles. The fourth-order valence-corrected chi connectivity index (χ4v) is 6.04. The normalized spacial score (nSPS) is 15.1. The number of nitrogens with zero attached hydrogens (tertiary/aromatic N) is 1. The van der Waals surface area contributed by atoms with Crippen LogP contribution in [0, 0.1) is 13.8 Å².